The third kappa shape index (κ3) is 5.47. The molecular weight excluding hydrogens is 426 g/mol. The number of aromatic nitrogens is 2. The Morgan fingerprint density at radius 1 is 1.00 bits per heavy atom. The fourth-order valence-corrected chi connectivity index (χ4v) is 3.32. The van der Waals surface area contributed by atoms with Gasteiger partial charge >= 0.3 is 0 Å². The maximum atomic E-state index is 12.7. The van der Waals surface area contributed by atoms with Gasteiger partial charge < -0.3 is 14.8 Å². The first-order valence-electron chi connectivity index (χ1n) is 10.0. The molecule has 0 spiro atoms. The lowest BCUT2D eigenvalue weighted by Gasteiger charge is -2.11. The molecule has 0 bridgehead atoms. The molecule has 6 nitrogen and oxygen atoms in total. The van der Waals surface area contributed by atoms with Crippen molar-refractivity contribution >= 4 is 23.2 Å². The van der Waals surface area contributed by atoms with Gasteiger partial charge in [-0.05, 0) is 47.5 Å². The lowest BCUT2D eigenvalue weighted by molar-refractivity contribution is 0.102. The first-order valence-corrected chi connectivity index (χ1v) is 10.4. The fraction of sp³-hybridized carbons (Fsp3) is 0.120. The van der Waals surface area contributed by atoms with Crippen LogP contribution in [0.4, 0.5) is 5.69 Å². The van der Waals surface area contributed by atoms with Gasteiger partial charge in [0.1, 0.15) is 6.61 Å². The van der Waals surface area contributed by atoms with Crippen LogP contribution in [0.3, 0.4) is 0 Å². The van der Waals surface area contributed by atoms with E-state index < -0.39 is 0 Å². The summed E-state index contributed by atoms with van der Waals surface area (Å²) in [5.41, 5.74) is 3.11. The summed E-state index contributed by atoms with van der Waals surface area (Å²) in [5, 5.41) is 7.90. The quantitative estimate of drug-likeness (QED) is 0.391. The minimum absolute atomic E-state index is 0.213. The predicted molar refractivity (Wildman–Crippen MR) is 125 cm³/mol. The molecular formula is C25H22ClN3O3. The molecule has 7 heteroatoms. The number of anilines is 1. The van der Waals surface area contributed by atoms with Gasteiger partial charge in [-0.15, -0.1) is 0 Å². The average molecular weight is 448 g/mol. The van der Waals surface area contributed by atoms with E-state index in [1.54, 1.807) is 30.3 Å². The number of ether oxygens (including phenoxy) is 2. The zero-order valence-electron chi connectivity index (χ0n) is 17.5. The van der Waals surface area contributed by atoms with Crippen LogP contribution in [-0.2, 0) is 13.2 Å². The summed E-state index contributed by atoms with van der Waals surface area (Å²) in [7, 11) is 1.60. The molecule has 1 heterocycles. The topological polar surface area (TPSA) is 65.4 Å². The molecule has 3 aromatic carbocycles. The highest BCUT2D eigenvalue weighted by molar-refractivity contribution is 6.30. The molecule has 4 aromatic rings. The van der Waals surface area contributed by atoms with Crippen LogP contribution in [-0.4, -0.2) is 22.8 Å². The second kappa shape index (κ2) is 10.0. The molecule has 0 saturated carbocycles. The number of para-hydroxylation sites is 2. The number of hydrogen-bond acceptors (Lipinski definition) is 4. The van der Waals surface area contributed by atoms with Crippen LogP contribution in [0.25, 0.3) is 0 Å². The molecule has 0 aliphatic rings. The Labute approximate surface area is 191 Å². The van der Waals surface area contributed by atoms with E-state index >= 15 is 0 Å². The minimum Gasteiger partial charge on any atom is -0.493 e. The summed E-state index contributed by atoms with van der Waals surface area (Å²) < 4.78 is 12.9. The van der Waals surface area contributed by atoms with Crippen molar-refractivity contribution in [3.05, 3.63) is 107 Å². The fourth-order valence-electron chi connectivity index (χ4n) is 3.20. The number of carbonyl (C=O) groups excluding carboxylic acids is 1. The number of benzene rings is 3. The Kier molecular flexibility index (Phi) is 6.72. The monoisotopic (exact) mass is 447 g/mol. The van der Waals surface area contributed by atoms with Crippen LogP contribution in [0.1, 0.15) is 21.5 Å². The maximum absolute atomic E-state index is 12.7. The molecule has 0 aliphatic carbocycles. The summed E-state index contributed by atoms with van der Waals surface area (Å²) in [6, 6.07) is 22.3. The van der Waals surface area contributed by atoms with E-state index in [-0.39, 0.29) is 5.91 Å². The van der Waals surface area contributed by atoms with Crippen molar-refractivity contribution in [1.82, 2.24) is 9.78 Å². The highest BCUT2D eigenvalue weighted by Crippen LogP contribution is 2.26. The Morgan fingerprint density at radius 2 is 1.78 bits per heavy atom. The molecule has 1 amide bonds. The molecule has 0 aliphatic heterocycles. The minimum atomic E-state index is -0.213. The van der Waals surface area contributed by atoms with Gasteiger partial charge in [0.05, 0.1) is 25.5 Å². The number of rotatable bonds is 8. The largest absolute Gasteiger partial charge is 0.493 e. The summed E-state index contributed by atoms with van der Waals surface area (Å²) in [5.74, 6) is 1.10. The number of carbonyl (C=O) groups is 1. The third-order valence-corrected chi connectivity index (χ3v) is 5.05. The molecule has 0 saturated heterocycles. The standard InChI is InChI=1S/C25H22ClN3O3/c1-31-23-7-2-3-8-24(23)32-17-19-5-4-6-20(13-19)25(30)28-22-14-27-29(16-22)15-18-9-11-21(26)12-10-18/h2-14,16H,15,17H2,1H3,(H,28,30). The van der Waals surface area contributed by atoms with Crippen molar-refractivity contribution in [2.45, 2.75) is 13.2 Å². The second-order valence-corrected chi connectivity index (χ2v) is 7.58. The third-order valence-electron chi connectivity index (χ3n) is 4.80. The van der Waals surface area contributed by atoms with Crippen LogP contribution in [0.5, 0.6) is 11.5 Å². The number of hydrogen-bond donors (Lipinski definition) is 1. The number of halogens is 1. The summed E-state index contributed by atoms with van der Waals surface area (Å²) >= 11 is 5.93. The van der Waals surface area contributed by atoms with E-state index in [1.165, 1.54) is 0 Å². The van der Waals surface area contributed by atoms with E-state index in [1.807, 2.05) is 66.7 Å². The summed E-state index contributed by atoms with van der Waals surface area (Å²) in [6.45, 7) is 0.906. The second-order valence-electron chi connectivity index (χ2n) is 7.15. The van der Waals surface area contributed by atoms with E-state index in [4.69, 9.17) is 21.1 Å². The van der Waals surface area contributed by atoms with E-state index in [0.29, 0.717) is 40.9 Å². The normalized spacial score (nSPS) is 10.6. The molecule has 0 atom stereocenters. The Morgan fingerprint density at radius 3 is 2.56 bits per heavy atom. The average Bonchev–Trinajstić information content (AvgIpc) is 3.26. The SMILES string of the molecule is COc1ccccc1OCc1cccc(C(=O)Nc2cnn(Cc3ccc(Cl)cc3)c2)c1. The van der Waals surface area contributed by atoms with Crippen molar-refractivity contribution in [2.75, 3.05) is 12.4 Å². The van der Waals surface area contributed by atoms with Crippen LogP contribution >= 0.6 is 11.6 Å². The van der Waals surface area contributed by atoms with Gasteiger partial charge in [0.2, 0.25) is 0 Å². The van der Waals surface area contributed by atoms with Crippen molar-refractivity contribution < 1.29 is 14.3 Å². The molecule has 1 N–H and O–H groups in total. The lowest BCUT2D eigenvalue weighted by Crippen LogP contribution is -2.12. The number of amides is 1. The molecule has 32 heavy (non-hydrogen) atoms. The first kappa shape index (κ1) is 21.5. The molecule has 0 radical (unpaired) electrons. The van der Waals surface area contributed by atoms with Gasteiger partial charge in [-0.1, -0.05) is 48.0 Å². The van der Waals surface area contributed by atoms with Crippen LogP contribution in [0.2, 0.25) is 5.02 Å². The number of methoxy groups -OCH3 is 1. The molecule has 0 fully saturated rings. The summed E-state index contributed by atoms with van der Waals surface area (Å²) in [6.07, 6.45) is 3.42. The van der Waals surface area contributed by atoms with Gasteiger partial charge in [0.15, 0.2) is 11.5 Å². The van der Waals surface area contributed by atoms with Crippen molar-refractivity contribution in [1.29, 1.82) is 0 Å². The molecule has 162 valence electrons. The number of nitrogens with one attached hydrogen (secondary N) is 1. The highest BCUT2D eigenvalue weighted by Gasteiger charge is 2.10. The predicted octanol–water partition coefficient (Wildman–Crippen LogP) is 5.42. The van der Waals surface area contributed by atoms with Crippen molar-refractivity contribution in [3.8, 4) is 11.5 Å². The zero-order valence-corrected chi connectivity index (χ0v) is 18.3. The van der Waals surface area contributed by atoms with E-state index in [9.17, 15) is 4.79 Å². The van der Waals surface area contributed by atoms with Crippen LogP contribution in [0.15, 0.2) is 85.2 Å². The van der Waals surface area contributed by atoms with Gasteiger partial charge in [-0.3, -0.25) is 9.48 Å². The lowest BCUT2D eigenvalue weighted by atomic mass is 10.1. The van der Waals surface area contributed by atoms with Gasteiger partial charge in [-0.25, -0.2) is 0 Å². The van der Waals surface area contributed by atoms with Gasteiger partial charge in [0, 0.05) is 16.8 Å². The molecule has 1 aromatic heterocycles. The van der Waals surface area contributed by atoms with E-state index in [0.717, 1.165) is 11.1 Å². The Balaban J connectivity index is 1.37. The first-order chi connectivity index (χ1) is 15.6. The van der Waals surface area contributed by atoms with Crippen LogP contribution < -0.4 is 14.8 Å². The summed E-state index contributed by atoms with van der Waals surface area (Å²) in [4.78, 5) is 12.7. The van der Waals surface area contributed by atoms with Crippen molar-refractivity contribution in [2.24, 2.45) is 0 Å². The van der Waals surface area contributed by atoms with Crippen molar-refractivity contribution in [3.63, 3.8) is 0 Å². The highest BCUT2D eigenvalue weighted by atomic mass is 35.5. The van der Waals surface area contributed by atoms with Gasteiger partial charge in [0.25, 0.3) is 5.91 Å². The van der Waals surface area contributed by atoms with Crippen LogP contribution in [0, 0.1) is 0 Å². The van der Waals surface area contributed by atoms with Gasteiger partial charge in [-0.2, -0.15) is 5.10 Å². The maximum Gasteiger partial charge on any atom is 0.255 e. The Bertz CT molecular complexity index is 1210. The van der Waals surface area contributed by atoms with E-state index in [2.05, 4.69) is 10.4 Å². The smallest absolute Gasteiger partial charge is 0.255 e. The number of nitrogens with zero attached hydrogens (tertiary/aromatic N) is 2. The Hall–Kier alpha value is -3.77. The molecule has 4 rings (SSSR count). The zero-order chi connectivity index (χ0) is 22.3. The molecule has 0 unspecified atom stereocenters.